The van der Waals surface area contributed by atoms with E-state index in [1.54, 1.807) is 18.6 Å². The number of aromatic nitrogens is 4. The summed E-state index contributed by atoms with van der Waals surface area (Å²) in [5.41, 5.74) is 2.06. The molecule has 0 aromatic carbocycles. The first-order valence-electron chi connectivity index (χ1n) is 4.26. The highest BCUT2D eigenvalue weighted by atomic mass is 15.0. The monoisotopic (exact) mass is 176 g/mol. The van der Waals surface area contributed by atoms with Gasteiger partial charge in [0.25, 0.3) is 0 Å². The van der Waals surface area contributed by atoms with Crippen LogP contribution < -0.4 is 0 Å². The Hall–Kier alpha value is -1.58. The maximum absolute atomic E-state index is 4.14. The molecular weight excluding hydrogens is 164 g/mol. The van der Waals surface area contributed by atoms with Gasteiger partial charge < -0.3 is 0 Å². The Bertz CT molecular complexity index is 386. The van der Waals surface area contributed by atoms with Crippen molar-refractivity contribution in [3.05, 3.63) is 24.3 Å². The van der Waals surface area contributed by atoms with Gasteiger partial charge in [0.2, 0.25) is 0 Å². The minimum Gasteiger partial charge on any atom is -0.232 e. The second kappa shape index (κ2) is 4.45. The van der Waals surface area contributed by atoms with E-state index in [1.165, 1.54) is 0 Å². The maximum Gasteiger partial charge on any atom is 0.198 e. The van der Waals surface area contributed by atoms with E-state index in [0.717, 1.165) is 5.69 Å². The lowest BCUT2D eigenvalue weighted by atomic mass is 10.5. The van der Waals surface area contributed by atoms with Gasteiger partial charge in [-0.25, -0.2) is 19.9 Å². The van der Waals surface area contributed by atoms with Gasteiger partial charge in [0, 0.05) is 12.4 Å². The van der Waals surface area contributed by atoms with Crippen molar-refractivity contribution in [3.63, 3.8) is 0 Å². The third-order valence-corrected chi connectivity index (χ3v) is 1.32. The van der Waals surface area contributed by atoms with Crippen LogP contribution in [0.3, 0.4) is 0 Å². The first kappa shape index (κ1) is 9.51. The SMILES string of the molecule is CC.Cc1cnc2nccnc2n1. The van der Waals surface area contributed by atoms with Crippen LogP contribution in [0.1, 0.15) is 19.5 Å². The first-order chi connectivity index (χ1) is 6.36. The van der Waals surface area contributed by atoms with Crippen LogP contribution in [-0.4, -0.2) is 19.9 Å². The van der Waals surface area contributed by atoms with Crippen molar-refractivity contribution in [3.8, 4) is 0 Å². The van der Waals surface area contributed by atoms with Crippen molar-refractivity contribution >= 4 is 11.3 Å². The summed E-state index contributed by atoms with van der Waals surface area (Å²) in [4.78, 5) is 16.2. The largest absolute Gasteiger partial charge is 0.232 e. The average molecular weight is 176 g/mol. The van der Waals surface area contributed by atoms with E-state index in [-0.39, 0.29) is 0 Å². The second-order valence-corrected chi connectivity index (χ2v) is 2.21. The molecule has 0 amide bonds. The Morgan fingerprint density at radius 2 is 1.54 bits per heavy atom. The highest BCUT2D eigenvalue weighted by molar-refractivity contribution is 5.62. The lowest BCUT2D eigenvalue weighted by Crippen LogP contribution is -1.91. The van der Waals surface area contributed by atoms with Crippen molar-refractivity contribution in [1.29, 1.82) is 0 Å². The number of hydrogen-bond donors (Lipinski definition) is 0. The van der Waals surface area contributed by atoms with Gasteiger partial charge in [0.1, 0.15) is 0 Å². The lowest BCUT2D eigenvalue weighted by molar-refractivity contribution is 1.11. The smallest absolute Gasteiger partial charge is 0.198 e. The molecule has 2 rings (SSSR count). The van der Waals surface area contributed by atoms with Crippen LogP contribution in [-0.2, 0) is 0 Å². The van der Waals surface area contributed by atoms with Crippen molar-refractivity contribution in [2.75, 3.05) is 0 Å². The van der Waals surface area contributed by atoms with Crippen molar-refractivity contribution in [2.24, 2.45) is 0 Å². The van der Waals surface area contributed by atoms with E-state index in [1.807, 2.05) is 20.8 Å². The summed E-state index contributed by atoms with van der Waals surface area (Å²) in [6.07, 6.45) is 4.89. The van der Waals surface area contributed by atoms with Crippen LogP contribution in [0.2, 0.25) is 0 Å². The molecule has 0 saturated carbocycles. The fourth-order valence-corrected chi connectivity index (χ4v) is 0.844. The molecular formula is C9H12N4. The van der Waals surface area contributed by atoms with E-state index in [2.05, 4.69) is 19.9 Å². The fraction of sp³-hybridized carbons (Fsp3) is 0.333. The number of nitrogens with zero attached hydrogens (tertiary/aromatic N) is 4. The molecule has 0 aliphatic rings. The van der Waals surface area contributed by atoms with Crippen LogP contribution in [0.15, 0.2) is 18.6 Å². The molecule has 4 nitrogen and oxygen atoms in total. The zero-order chi connectivity index (χ0) is 9.68. The molecule has 68 valence electrons. The third-order valence-electron chi connectivity index (χ3n) is 1.32. The molecule has 0 radical (unpaired) electrons. The molecule has 0 bridgehead atoms. The molecule has 0 fully saturated rings. The molecule has 0 saturated heterocycles. The van der Waals surface area contributed by atoms with E-state index in [9.17, 15) is 0 Å². The van der Waals surface area contributed by atoms with E-state index < -0.39 is 0 Å². The van der Waals surface area contributed by atoms with Crippen LogP contribution in [0, 0.1) is 6.92 Å². The highest BCUT2D eigenvalue weighted by Crippen LogP contribution is 2.00. The summed E-state index contributed by atoms with van der Waals surface area (Å²) in [6, 6.07) is 0. The van der Waals surface area contributed by atoms with Gasteiger partial charge in [-0.15, -0.1) is 0 Å². The molecule has 2 aromatic rings. The number of rotatable bonds is 0. The Morgan fingerprint density at radius 3 is 2.23 bits per heavy atom. The molecule has 4 heteroatoms. The summed E-state index contributed by atoms with van der Waals surface area (Å²) in [7, 11) is 0. The molecule has 2 heterocycles. The summed E-state index contributed by atoms with van der Waals surface area (Å²) in [6.45, 7) is 5.88. The Morgan fingerprint density at radius 1 is 0.923 bits per heavy atom. The van der Waals surface area contributed by atoms with E-state index >= 15 is 0 Å². The summed E-state index contributed by atoms with van der Waals surface area (Å²) < 4.78 is 0. The zero-order valence-corrected chi connectivity index (χ0v) is 8.02. The van der Waals surface area contributed by atoms with Gasteiger partial charge in [0.05, 0.1) is 11.9 Å². The zero-order valence-electron chi connectivity index (χ0n) is 8.02. The van der Waals surface area contributed by atoms with Crippen LogP contribution in [0.4, 0.5) is 0 Å². The van der Waals surface area contributed by atoms with Gasteiger partial charge in [-0.3, -0.25) is 0 Å². The van der Waals surface area contributed by atoms with Crippen LogP contribution >= 0.6 is 0 Å². The molecule has 13 heavy (non-hydrogen) atoms. The first-order valence-corrected chi connectivity index (χ1v) is 4.26. The minimum atomic E-state index is 0.595. The number of aryl methyl sites for hydroxylation is 1. The lowest BCUT2D eigenvalue weighted by Gasteiger charge is -1.93. The fourth-order valence-electron chi connectivity index (χ4n) is 0.844. The Labute approximate surface area is 77.1 Å². The van der Waals surface area contributed by atoms with Gasteiger partial charge in [-0.1, -0.05) is 13.8 Å². The third kappa shape index (κ3) is 2.18. The molecule has 0 N–H and O–H groups in total. The van der Waals surface area contributed by atoms with Crippen LogP contribution in [0.25, 0.3) is 11.3 Å². The predicted molar refractivity (Wildman–Crippen MR) is 51.2 cm³/mol. The van der Waals surface area contributed by atoms with Crippen molar-refractivity contribution < 1.29 is 0 Å². The Kier molecular flexibility index (Phi) is 3.25. The highest BCUT2D eigenvalue weighted by Gasteiger charge is 1.95. The molecule has 0 atom stereocenters. The maximum atomic E-state index is 4.14. The van der Waals surface area contributed by atoms with Crippen molar-refractivity contribution in [1.82, 2.24) is 19.9 Å². The average Bonchev–Trinajstić information content (AvgIpc) is 2.21. The summed E-state index contributed by atoms with van der Waals surface area (Å²) in [5.74, 6) is 0. The molecule has 0 unspecified atom stereocenters. The summed E-state index contributed by atoms with van der Waals surface area (Å²) >= 11 is 0. The normalized spacial score (nSPS) is 9.15. The predicted octanol–water partition coefficient (Wildman–Crippen LogP) is 1.75. The van der Waals surface area contributed by atoms with Gasteiger partial charge >= 0.3 is 0 Å². The topological polar surface area (TPSA) is 51.6 Å². The van der Waals surface area contributed by atoms with E-state index in [0.29, 0.717) is 11.3 Å². The molecule has 0 spiro atoms. The quantitative estimate of drug-likeness (QED) is 0.613. The molecule has 2 aromatic heterocycles. The molecule has 0 aliphatic carbocycles. The molecule has 0 aliphatic heterocycles. The Balaban J connectivity index is 0.000000396. The standard InChI is InChI=1S/C7H6N4.C2H6/c1-5-4-10-6-7(11-5)9-3-2-8-6;1-2/h2-4H,1H3;1-2H3. The van der Waals surface area contributed by atoms with Gasteiger partial charge in [-0.2, -0.15) is 0 Å². The van der Waals surface area contributed by atoms with Gasteiger partial charge in [-0.05, 0) is 6.92 Å². The van der Waals surface area contributed by atoms with Crippen molar-refractivity contribution in [2.45, 2.75) is 20.8 Å². The summed E-state index contributed by atoms with van der Waals surface area (Å²) in [5, 5.41) is 0. The van der Waals surface area contributed by atoms with Gasteiger partial charge in [0.15, 0.2) is 11.3 Å². The van der Waals surface area contributed by atoms with E-state index in [4.69, 9.17) is 0 Å². The second-order valence-electron chi connectivity index (χ2n) is 2.21. The minimum absolute atomic E-state index is 0.595. The number of fused-ring (bicyclic) bond motifs is 1. The number of hydrogen-bond acceptors (Lipinski definition) is 4. The van der Waals surface area contributed by atoms with Crippen LogP contribution in [0.5, 0.6) is 0 Å².